The molecule has 1 aromatic rings. The quantitative estimate of drug-likeness (QED) is 0.808. The molecule has 122 valence electrons. The van der Waals surface area contributed by atoms with Crippen molar-refractivity contribution in [1.29, 1.82) is 0 Å². The molecule has 0 spiro atoms. The zero-order valence-corrected chi connectivity index (χ0v) is 14.0. The second-order valence-electron chi connectivity index (χ2n) is 5.93. The Hall–Kier alpha value is -1.88. The van der Waals surface area contributed by atoms with Crippen molar-refractivity contribution in [2.24, 2.45) is 5.92 Å². The van der Waals surface area contributed by atoms with E-state index >= 15 is 0 Å². The van der Waals surface area contributed by atoms with Gasteiger partial charge in [0.25, 0.3) is 5.91 Å². The Bertz CT molecular complexity index is 497. The van der Waals surface area contributed by atoms with E-state index in [0.717, 1.165) is 5.56 Å². The second-order valence-corrected chi connectivity index (χ2v) is 5.93. The summed E-state index contributed by atoms with van der Waals surface area (Å²) in [6.45, 7) is 8.06. The van der Waals surface area contributed by atoms with E-state index in [1.54, 1.807) is 19.2 Å². The van der Waals surface area contributed by atoms with Gasteiger partial charge in [-0.3, -0.25) is 9.59 Å². The van der Waals surface area contributed by atoms with Crippen LogP contribution in [0.5, 0.6) is 0 Å². The Morgan fingerprint density at radius 3 is 2.18 bits per heavy atom. The van der Waals surface area contributed by atoms with Crippen LogP contribution in [-0.4, -0.2) is 37.6 Å². The van der Waals surface area contributed by atoms with Gasteiger partial charge in [-0.2, -0.15) is 0 Å². The van der Waals surface area contributed by atoms with Crippen molar-refractivity contribution < 1.29 is 14.3 Å². The van der Waals surface area contributed by atoms with Crippen LogP contribution in [0.2, 0.25) is 0 Å². The van der Waals surface area contributed by atoms with Gasteiger partial charge in [0.05, 0.1) is 6.61 Å². The number of carbonyl (C=O) groups is 2. The number of carbonyl (C=O) groups excluding carboxylic acids is 2. The minimum absolute atomic E-state index is 0.0101. The topological polar surface area (TPSA) is 67.4 Å². The minimum atomic E-state index is -0.576. The van der Waals surface area contributed by atoms with Crippen molar-refractivity contribution in [2.45, 2.75) is 39.8 Å². The van der Waals surface area contributed by atoms with Crippen LogP contribution >= 0.6 is 0 Å². The maximum Gasteiger partial charge on any atom is 0.251 e. The molecule has 0 heterocycles. The second kappa shape index (κ2) is 8.54. The predicted octanol–water partition coefficient (Wildman–Crippen LogP) is 1.90. The number of benzene rings is 1. The molecule has 0 radical (unpaired) electrons. The van der Waals surface area contributed by atoms with E-state index in [1.807, 2.05) is 39.8 Å². The van der Waals surface area contributed by atoms with E-state index in [4.69, 9.17) is 4.74 Å². The maximum absolute atomic E-state index is 12.3. The number of methoxy groups -OCH3 is 1. The lowest BCUT2D eigenvalue weighted by molar-refractivity contribution is -0.124. The van der Waals surface area contributed by atoms with E-state index < -0.39 is 6.04 Å². The van der Waals surface area contributed by atoms with Crippen molar-refractivity contribution in [3.05, 3.63) is 35.4 Å². The van der Waals surface area contributed by atoms with Crippen molar-refractivity contribution in [1.82, 2.24) is 10.6 Å². The van der Waals surface area contributed by atoms with Crippen LogP contribution in [0.4, 0.5) is 0 Å². The van der Waals surface area contributed by atoms with Gasteiger partial charge in [0.2, 0.25) is 5.91 Å². The predicted molar refractivity (Wildman–Crippen MR) is 86.8 cm³/mol. The van der Waals surface area contributed by atoms with Gasteiger partial charge in [-0.15, -0.1) is 0 Å². The van der Waals surface area contributed by atoms with Crippen molar-refractivity contribution in [2.75, 3.05) is 13.7 Å². The highest BCUT2D eigenvalue weighted by Crippen LogP contribution is 2.07. The number of ether oxygens (including phenoxy) is 1. The lowest BCUT2D eigenvalue weighted by atomic mass is 10.0. The van der Waals surface area contributed by atoms with Crippen LogP contribution < -0.4 is 10.6 Å². The smallest absolute Gasteiger partial charge is 0.251 e. The molecule has 0 aliphatic rings. The number of amides is 2. The van der Waals surface area contributed by atoms with E-state index in [2.05, 4.69) is 10.6 Å². The summed E-state index contributed by atoms with van der Waals surface area (Å²) < 4.78 is 5.00. The number of aryl methyl sites for hydroxylation is 1. The van der Waals surface area contributed by atoms with Crippen LogP contribution in [-0.2, 0) is 9.53 Å². The Kier molecular flexibility index (Phi) is 7.05. The first-order chi connectivity index (χ1) is 10.3. The number of hydrogen-bond acceptors (Lipinski definition) is 3. The average molecular weight is 306 g/mol. The first-order valence-electron chi connectivity index (χ1n) is 7.52. The normalized spacial score (nSPS) is 13.5. The molecule has 0 aliphatic carbocycles. The number of hydrogen-bond donors (Lipinski definition) is 2. The molecule has 2 atom stereocenters. The average Bonchev–Trinajstić information content (AvgIpc) is 2.44. The fourth-order valence-electron chi connectivity index (χ4n) is 2.09. The molecule has 0 saturated carbocycles. The highest BCUT2D eigenvalue weighted by molar-refractivity contribution is 5.97. The Morgan fingerprint density at radius 1 is 1.09 bits per heavy atom. The van der Waals surface area contributed by atoms with Gasteiger partial charge < -0.3 is 15.4 Å². The van der Waals surface area contributed by atoms with E-state index in [-0.39, 0.29) is 23.8 Å². The van der Waals surface area contributed by atoms with Gasteiger partial charge in [0.15, 0.2) is 0 Å². The molecule has 5 nitrogen and oxygen atoms in total. The zero-order chi connectivity index (χ0) is 16.7. The Labute approximate surface area is 132 Å². The fourth-order valence-corrected chi connectivity index (χ4v) is 2.09. The fraction of sp³-hybridized carbons (Fsp3) is 0.529. The SMILES string of the molecule is COCC(C)NC(=O)C(NC(=O)c1ccc(C)cc1)C(C)C. The third kappa shape index (κ3) is 5.48. The van der Waals surface area contributed by atoms with Crippen molar-refractivity contribution in [3.8, 4) is 0 Å². The van der Waals surface area contributed by atoms with Crippen molar-refractivity contribution in [3.63, 3.8) is 0 Å². The van der Waals surface area contributed by atoms with Crippen LogP contribution in [0, 0.1) is 12.8 Å². The lowest BCUT2D eigenvalue weighted by Crippen LogP contribution is -2.52. The summed E-state index contributed by atoms with van der Waals surface area (Å²) in [7, 11) is 1.59. The molecular weight excluding hydrogens is 280 g/mol. The third-order valence-electron chi connectivity index (χ3n) is 3.35. The molecule has 5 heteroatoms. The monoisotopic (exact) mass is 306 g/mol. The van der Waals surface area contributed by atoms with Gasteiger partial charge in [-0.05, 0) is 31.9 Å². The minimum Gasteiger partial charge on any atom is -0.383 e. The highest BCUT2D eigenvalue weighted by Gasteiger charge is 2.25. The summed E-state index contributed by atoms with van der Waals surface area (Å²) >= 11 is 0. The highest BCUT2D eigenvalue weighted by atomic mass is 16.5. The summed E-state index contributed by atoms with van der Waals surface area (Å²) in [4.78, 5) is 24.6. The van der Waals surface area contributed by atoms with Gasteiger partial charge in [-0.25, -0.2) is 0 Å². The van der Waals surface area contributed by atoms with Crippen LogP contribution in [0.3, 0.4) is 0 Å². The molecule has 0 aliphatic heterocycles. The lowest BCUT2D eigenvalue weighted by Gasteiger charge is -2.24. The molecule has 22 heavy (non-hydrogen) atoms. The zero-order valence-electron chi connectivity index (χ0n) is 14.0. The van der Waals surface area contributed by atoms with Gasteiger partial charge >= 0.3 is 0 Å². The Morgan fingerprint density at radius 2 is 1.68 bits per heavy atom. The van der Waals surface area contributed by atoms with Crippen LogP contribution in [0.15, 0.2) is 24.3 Å². The van der Waals surface area contributed by atoms with Crippen molar-refractivity contribution >= 4 is 11.8 Å². The molecule has 1 aromatic carbocycles. The van der Waals surface area contributed by atoms with Gasteiger partial charge in [0.1, 0.15) is 6.04 Å². The molecule has 2 unspecified atom stereocenters. The third-order valence-corrected chi connectivity index (χ3v) is 3.35. The molecule has 0 bridgehead atoms. The largest absolute Gasteiger partial charge is 0.383 e. The number of nitrogens with one attached hydrogen (secondary N) is 2. The van der Waals surface area contributed by atoms with E-state index in [1.165, 1.54) is 0 Å². The van der Waals surface area contributed by atoms with E-state index in [0.29, 0.717) is 12.2 Å². The first-order valence-corrected chi connectivity index (χ1v) is 7.52. The molecule has 0 saturated heterocycles. The summed E-state index contributed by atoms with van der Waals surface area (Å²) in [6, 6.07) is 6.59. The van der Waals surface area contributed by atoms with Gasteiger partial charge in [0, 0.05) is 18.7 Å². The summed E-state index contributed by atoms with van der Waals surface area (Å²) in [5.74, 6) is -0.447. The molecule has 0 aromatic heterocycles. The molecule has 1 rings (SSSR count). The first kappa shape index (κ1) is 18.2. The van der Waals surface area contributed by atoms with Crippen LogP contribution in [0.25, 0.3) is 0 Å². The molecular formula is C17H26N2O3. The molecule has 2 amide bonds. The summed E-state index contributed by atoms with van der Waals surface area (Å²) in [5, 5.41) is 5.66. The maximum atomic E-state index is 12.3. The standard InChI is InChI=1S/C17H26N2O3/c1-11(2)15(17(21)18-13(4)10-22-5)19-16(20)14-8-6-12(3)7-9-14/h6-9,11,13,15H,10H2,1-5H3,(H,18,21)(H,19,20). The molecule has 2 N–H and O–H groups in total. The summed E-state index contributed by atoms with van der Waals surface area (Å²) in [6.07, 6.45) is 0. The van der Waals surface area contributed by atoms with E-state index in [9.17, 15) is 9.59 Å². The number of rotatable bonds is 7. The molecule has 0 fully saturated rings. The summed E-state index contributed by atoms with van der Waals surface area (Å²) in [5.41, 5.74) is 1.64. The van der Waals surface area contributed by atoms with Crippen LogP contribution in [0.1, 0.15) is 36.7 Å². The van der Waals surface area contributed by atoms with Gasteiger partial charge in [-0.1, -0.05) is 31.5 Å². The Balaban J connectivity index is 2.73.